The number of hydrogen-bond acceptors (Lipinski definition) is 5. The van der Waals surface area contributed by atoms with Gasteiger partial charge in [-0.1, -0.05) is 12.1 Å². The molecule has 4 rings (SSSR count). The average Bonchev–Trinajstić information content (AvgIpc) is 3.06. The second kappa shape index (κ2) is 6.55. The van der Waals surface area contributed by atoms with Crippen LogP contribution in [-0.2, 0) is 14.3 Å². The zero-order chi connectivity index (χ0) is 15.6. The lowest BCUT2D eigenvalue weighted by atomic mass is 10.0. The van der Waals surface area contributed by atoms with Crippen molar-refractivity contribution in [1.29, 1.82) is 0 Å². The van der Waals surface area contributed by atoms with Crippen LogP contribution in [0.25, 0.3) is 10.2 Å². The summed E-state index contributed by atoms with van der Waals surface area (Å²) in [5.41, 5.74) is 1.02. The number of hydrogen-bond donors (Lipinski definition) is 0. The molecule has 0 aliphatic carbocycles. The SMILES string of the molecule is O=C(C1COCCO1)N1CCCCC1c1nc2ccccc2s1. The molecule has 0 spiro atoms. The normalized spacial score (nSPS) is 25.7. The van der Waals surface area contributed by atoms with Gasteiger partial charge in [-0.15, -0.1) is 11.3 Å². The molecule has 2 unspecified atom stereocenters. The number of carbonyl (C=O) groups excluding carboxylic acids is 1. The fourth-order valence-electron chi connectivity index (χ4n) is 3.30. The van der Waals surface area contributed by atoms with Gasteiger partial charge < -0.3 is 14.4 Å². The number of amides is 1. The Balaban J connectivity index is 1.60. The average molecular weight is 332 g/mol. The van der Waals surface area contributed by atoms with E-state index in [1.807, 2.05) is 23.1 Å². The number of ether oxygens (including phenoxy) is 2. The summed E-state index contributed by atoms with van der Waals surface area (Å²) in [7, 11) is 0. The molecule has 5 nitrogen and oxygen atoms in total. The van der Waals surface area contributed by atoms with Gasteiger partial charge in [-0.3, -0.25) is 4.79 Å². The third-order valence-corrected chi connectivity index (χ3v) is 5.61. The van der Waals surface area contributed by atoms with Crippen LogP contribution in [0.3, 0.4) is 0 Å². The van der Waals surface area contributed by atoms with Gasteiger partial charge in [0.15, 0.2) is 6.10 Å². The van der Waals surface area contributed by atoms with Crippen molar-refractivity contribution in [3.8, 4) is 0 Å². The quantitative estimate of drug-likeness (QED) is 0.848. The van der Waals surface area contributed by atoms with Crippen molar-refractivity contribution in [2.45, 2.75) is 31.4 Å². The van der Waals surface area contributed by atoms with Crippen molar-refractivity contribution in [2.75, 3.05) is 26.4 Å². The largest absolute Gasteiger partial charge is 0.376 e. The molecule has 2 saturated heterocycles. The Hall–Kier alpha value is -1.50. The molecular formula is C17H20N2O3S. The molecule has 1 aromatic carbocycles. The van der Waals surface area contributed by atoms with Crippen molar-refractivity contribution in [1.82, 2.24) is 9.88 Å². The first-order valence-corrected chi connectivity index (χ1v) is 9.00. The zero-order valence-corrected chi connectivity index (χ0v) is 13.8. The van der Waals surface area contributed by atoms with Gasteiger partial charge in [0, 0.05) is 6.54 Å². The minimum Gasteiger partial charge on any atom is -0.376 e. The summed E-state index contributed by atoms with van der Waals surface area (Å²) in [6, 6.07) is 8.22. The highest BCUT2D eigenvalue weighted by atomic mass is 32.1. The van der Waals surface area contributed by atoms with E-state index < -0.39 is 6.10 Å². The summed E-state index contributed by atoms with van der Waals surface area (Å²) in [5, 5.41) is 1.04. The van der Waals surface area contributed by atoms with Crippen LogP contribution in [0.2, 0.25) is 0 Å². The number of benzene rings is 1. The first-order chi connectivity index (χ1) is 11.3. The summed E-state index contributed by atoms with van der Waals surface area (Å²) in [6.07, 6.45) is 2.69. The monoisotopic (exact) mass is 332 g/mol. The van der Waals surface area contributed by atoms with E-state index in [-0.39, 0.29) is 11.9 Å². The van der Waals surface area contributed by atoms with E-state index in [0.717, 1.165) is 36.3 Å². The predicted molar refractivity (Wildman–Crippen MR) is 88.5 cm³/mol. The van der Waals surface area contributed by atoms with Crippen molar-refractivity contribution < 1.29 is 14.3 Å². The van der Waals surface area contributed by atoms with E-state index in [1.54, 1.807) is 11.3 Å². The van der Waals surface area contributed by atoms with Gasteiger partial charge in [0.1, 0.15) is 5.01 Å². The molecule has 2 aliphatic rings. The Morgan fingerprint density at radius 2 is 2.17 bits per heavy atom. The first kappa shape index (κ1) is 15.1. The lowest BCUT2D eigenvalue weighted by molar-refractivity contribution is -0.161. The summed E-state index contributed by atoms with van der Waals surface area (Å²) >= 11 is 1.69. The predicted octanol–water partition coefficient (Wildman–Crippen LogP) is 2.77. The van der Waals surface area contributed by atoms with E-state index in [2.05, 4.69) is 6.07 Å². The Bertz CT molecular complexity index is 663. The van der Waals surface area contributed by atoms with Crippen molar-refractivity contribution >= 4 is 27.5 Å². The zero-order valence-electron chi connectivity index (χ0n) is 12.9. The number of rotatable bonds is 2. The molecule has 1 aromatic heterocycles. The number of likely N-dealkylation sites (tertiary alicyclic amines) is 1. The third-order valence-electron chi connectivity index (χ3n) is 4.47. The van der Waals surface area contributed by atoms with Crippen LogP contribution < -0.4 is 0 Å². The Labute approximate surface area is 139 Å². The van der Waals surface area contributed by atoms with Crippen LogP contribution in [-0.4, -0.2) is 48.3 Å². The fraction of sp³-hybridized carbons (Fsp3) is 0.529. The van der Waals surface area contributed by atoms with Gasteiger partial charge in [-0.2, -0.15) is 0 Å². The van der Waals surface area contributed by atoms with Crippen LogP contribution in [0.1, 0.15) is 30.3 Å². The standard InChI is InChI=1S/C17H20N2O3S/c20-17(14-11-21-9-10-22-14)19-8-4-3-6-13(19)16-18-12-5-1-2-7-15(12)23-16/h1-2,5,7,13-14H,3-4,6,8-11H2. The van der Waals surface area contributed by atoms with E-state index in [0.29, 0.717) is 19.8 Å². The van der Waals surface area contributed by atoms with Crippen molar-refractivity contribution in [3.05, 3.63) is 29.3 Å². The smallest absolute Gasteiger partial charge is 0.254 e. The molecule has 2 fully saturated rings. The molecule has 2 aliphatic heterocycles. The maximum absolute atomic E-state index is 12.8. The van der Waals surface area contributed by atoms with E-state index in [4.69, 9.17) is 14.5 Å². The van der Waals surface area contributed by atoms with Gasteiger partial charge in [0.2, 0.25) is 0 Å². The lowest BCUT2D eigenvalue weighted by Gasteiger charge is -2.37. The van der Waals surface area contributed by atoms with Crippen LogP contribution in [0.15, 0.2) is 24.3 Å². The molecule has 23 heavy (non-hydrogen) atoms. The molecule has 2 aromatic rings. The van der Waals surface area contributed by atoms with Gasteiger partial charge >= 0.3 is 0 Å². The topological polar surface area (TPSA) is 51.7 Å². The summed E-state index contributed by atoms with van der Waals surface area (Å²) in [4.78, 5) is 19.6. The Morgan fingerprint density at radius 1 is 1.26 bits per heavy atom. The molecule has 0 N–H and O–H groups in total. The van der Waals surface area contributed by atoms with Crippen LogP contribution >= 0.6 is 11.3 Å². The maximum atomic E-state index is 12.8. The number of para-hydroxylation sites is 1. The second-order valence-electron chi connectivity index (χ2n) is 6.00. The lowest BCUT2D eigenvalue weighted by Crippen LogP contribution is -2.48. The van der Waals surface area contributed by atoms with Gasteiger partial charge in [0.25, 0.3) is 5.91 Å². The molecular weight excluding hydrogens is 312 g/mol. The van der Waals surface area contributed by atoms with Gasteiger partial charge in [-0.25, -0.2) is 4.98 Å². The highest BCUT2D eigenvalue weighted by molar-refractivity contribution is 7.18. The van der Waals surface area contributed by atoms with Crippen LogP contribution in [0.5, 0.6) is 0 Å². The number of piperidine rings is 1. The first-order valence-electron chi connectivity index (χ1n) is 8.18. The number of aromatic nitrogens is 1. The molecule has 6 heteroatoms. The third kappa shape index (κ3) is 2.98. The maximum Gasteiger partial charge on any atom is 0.254 e. The number of fused-ring (bicyclic) bond motifs is 1. The summed E-state index contributed by atoms with van der Waals surface area (Å²) in [5.74, 6) is 0.0497. The summed E-state index contributed by atoms with van der Waals surface area (Å²) < 4.78 is 12.2. The molecule has 2 atom stereocenters. The van der Waals surface area contributed by atoms with Gasteiger partial charge in [0.05, 0.1) is 36.1 Å². The van der Waals surface area contributed by atoms with Crippen LogP contribution in [0.4, 0.5) is 0 Å². The fourth-order valence-corrected chi connectivity index (χ4v) is 4.42. The number of carbonyl (C=O) groups is 1. The minimum absolute atomic E-state index is 0.0497. The molecule has 0 saturated carbocycles. The highest BCUT2D eigenvalue weighted by Crippen LogP contribution is 2.36. The Morgan fingerprint density at radius 3 is 3.00 bits per heavy atom. The molecule has 0 bridgehead atoms. The number of nitrogens with zero attached hydrogens (tertiary/aromatic N) is 2. The van der Waals surface area contributed by atoms with Gasteiger partial charge in [-0.05, 0) is 31.4 Å². The molecule has 122 valence electrons. The highest BCUT2D eigenvalue weighted by Gasteiger charge is 2.35. The molecule has 3 heterocycles. The van der Waals surface area contributed by atoms with Crippen LogP contribution in [0, 0.1) is 0 Å². The van der Waals surface area contributed by atoms with E-state index in [1.165, 1.54) is 4.70 Å². The number of thiazole rings is 1. The minimum atomic E-state index is -0.460. The summed E-state index contributed by atoms with van der Waals surface area (Å²) in [6.45, 7) is 2.21. The second-order valence-corrected chi connectivity index (χ2v) is 7.06. The van der Waals surface area contributed by atoms with Crippen molar-refractivity contribution in [2.24, 2.45) is 0 Å². The molecule has 1 amide bonds. The van der Waals surface area contributed by atoms with Crippen molar-refractivity contribution in [3.63, 3.8) is 0 Å². The van der Waals surface area contributed by atoms with E-state index in [9.17, 15) is 4.79 Å². The molecule has 0 radical (unpaired) electrons. The van der Waals surface area contributed by atoms with E-state index >= 15 is 0 Å². The Kier molecular flexibility index (Phi) is 4.29.